The molecule has 0 aromatic heterocycles. The highest BCUT2D eigenvalue weighted by Crippen LogP contribution is 2.22. The molecule has 1 aromatic rings. The molecule has 1 aromatic carbocycles. The number of aryl methyl sites for hydroxylation is 1. The van der Waals surface area contributed by atoms with Gasteiger partial charge in [-0.25, -0.2) is 0 Å². The van der Waals surface area contributed by atoms with Gasteiger partial charge in [-0.15, -0.1) is 0 Å². The van der Waals surface area contributed by atoms with E-state index in [0.717, 1.165) is 18.4 Å². The number of unbranched alkanes of at least 4 members (excludes halogenated alkanes) is 1. The lowest BCUT2D eigenvalue weighted by Crippen LogP contribution is -2.39. The summed E-state index contributed by atoms with van der Waals surface area (Å²) < 4.78 is 10.3. The van der Waals surface area contributed by atoms with Gasteiger partial charge in [0.15, 0.2) is 5.78 Å². The lowest BCUT2D eigenvalue weighted by Gasteiger charge is -2.18. The van der Waals surface area contributed by atoms with Crippen molar-refractivity contribution in [3.8, 4) is 5.75 Å². The number of methoxy groups -OCH3 is 1. The van der Waals surface area contributed by atoms with Crippen molar-refractivity contribution in [3.63, 3.8) is 0 Å². The van der Waals surface area contributed by atoms with Crippen LogP contribution in [-0.2, 0) is 9.53 Å². The summed E-state index contributed by atoms with van der Waals surface area (Å²) in [7, 11) is 1.53. The molecule has 128 valence electrons. The summed E-state index contributed by atoms with van der Waals surface area (Å²) in [6.07, 6.45) is 1.98. The van der Waals surface area contributed by atoms with Gasteiger partial charge in [-0.05, 0) is 38.9 Å². The van der Waals surface area contributed by atoms with E-state index in [-0.39, 0.29) is 18.2 Å². The molecule has 0 saturated carbocycles. The van der Waals surface area contributed by atoms with Crippen LogP contribution in [0.25, 0.3) is 0 Å². The quantitative estimate of drug-likeness (QED) is 0.408. The molecule has 0 spiro atoms. The first-order chi connectivity index (χ1) is 11.0. The van der Waals surface area contributed by atoms with Gasteiger partial charge in [-0.3, -0.25) is 9.59 Å². The second-order valence-electron chi connectivity index (χ2n) is 5.44. The lowest BCUT2D eigenvalue weighted by atomic mass is 9.98. The Morgan fingerprint density at radius 1 is 1.26 bits per heavy atom. The van der Waals surface area contributed by atoms with Crippen LogP contribution in [0.2, 0.25) is 0 Å². The number of hydrogen-bond acceptors (Lipinski definition) is 5. The van der Waals surface area contributed by atoms with Crippen molar-refractivity contribution in [2.24, 2.45) is 0 Å². The number of ether oxygens (including phenoxy) is 2. The third-order valence-corrected chi connectivity index (χ3v) is 3.53. The van der Waals surface area contributed by atoms with Gasteiger partial charge in [-0.1, -0.05) is 25.0 Å². The summed E-state index contributed by atoms with van der Waals surface area (Å²) >= 11 is 0. The number of carbonyl (C=O) groups excluding carboxylic acids is 2. The molecule has 0 heterocycles. The first kappa shape index (κ1) is 19.2. The Labute approximate surface area is 138 Å². The Morgan fingerprint density at radius 3 is 2.61 bits per heavy atom. The molecule has 1 rings (SSSR count). The summed E-state index contributed by atoms with van der Waals surface area (Å²) in [5, 5.41) is 3.17. The van der Waals surface area contributed by atoms with Crippen molar-refractivity contribution in [3.05, 3.63) is 29.3 Å². The first-order valence-corrected chi connectivity index (χ1v) is 8.11. The topological polar surface area (TPSA) is 64.6 Å². The number of rotatable bonds is 10. The van der Waals surface area contributed by atoms with Gasteiger partial charge in [0.05, 0.1) is 31.7 Å². The zero-order valence-corrected chi connectivity index (χ0v) is 14.5. The van der Waals surface area contributed by atoms with Crippen LogP contribution in [0, 0.1) is 6.92 Å². The van der Waals surface area contributed by atoms with Crippen molar-refractivity contribution < 1.29 is 19.1 Å². The van der Waals surface area contributed by atoms with Crippen molar-refractivity contribution in [1.82, 2.24) is 5.32 Å². The average Bonchev–Trinajstić information content (AvgIpc) is 2.53. The molecule has 0 radical (unpaired) electrons. The number of carbonyl (C=O) groups is 2. The fourth-order valence-electron chi connectivity index (χ4n) is 2.30. The predicted molar refractivity (Wildman–Crippen MR) is 90.0 cm³/mol. The first-order valence-electron chi connectivity index (χ1n) is 8.11. The maximum atomic E-state index is 12.9. The molecular formula is C18H27NO4. The Morgan fingerprint density at radius 2 is 2.00 bits per heavy atom. The minimum Gasteiger partial charge on any atom is -0.496 e. The monoisotopic (exact) mass is 321 g/mol. The lowest BCUT2D eigenvalue weighted by molar-refractivity contribution is -0.143. The van der Waals surface area contributed by atoms with Gasteiger partial charge in [0, 0.05) is 0 Å². The Bertz CT molecular complexity index is 528. The molecule has 0 amide bonds. The smallest absolute Gasteiger partial charge is 0.307 e. The van der Waals surface area contributed by atoms with E-state index in [0.29, 0.717) is 24.5 Å². The molecule has 5 nitrogen and oxygen atoms in total. The summed E-state index contributed by atoms with van der Waals surface area (Å²) in [5.74, 6) is 0.00271. The van der Waals surface area contributed by atoms with E-state index >= 15 is 0 Å². The molecule has 0 saturated heterocycles. The zero-order chi connectivity index (χ0) is 17.2. The fraction of sp³-hybridized carbons (Fsp3) is 0.556. The molecule has 0 bridgehead atoms. The molecule has 5 heteroatoms. The van der Waals surface area contributed by atoms with Crippen LogP contribution in [0.1, 0.15) is 49.0 Å². The third kappa shape index (κ3) is 6.02. The van der Waals surface area contributed by atoms with E-state index in [1.165, 1.54) is 7.11 Å². The highest BCUT2D eigenvalue weighted by atomic mass is 16.5. The van der Waals surface area contributed by atoms with E-state index in [1.54, 1.807) is 19.1 Å². The maximum Gasteiger partial charge on any atom is 0.307 e. The largest absolute Gasteiger partial charge is 0.496 e. The minimum atomic E-state index is -0.601. The van der Waals surface area contributed by atoms with Crippen LogP contribution >= 0.6 is 0 Å². The fourth-order valence-corrected chi connectivity index (χ4v) is 2.30. The molecule has 0 aliphatic rings. The van der Waals surface area contributed by atoms with E-state index in [9.17, 15) is 9.59 Å². The number of hydrogen-bond donors (Lipinski definition) is 1. The van der Waals surface area contributed by atoms with Crippen LogP contribution in [0.3, 0.4) is 0 Å². The van der Waals surface area contributed by atoms with Crippen LogP contribution in [0.15, 0.2) is 18.2 Å². The average molecular weight is 321 g/mol. The van der Waals surface area contributed by atoms with Gasteiger partial charge >= 0.3 is 5.97 Å². The van der Waals surface area contributed by atoms with Crippen molar-refractivity contribution in [2.45, 2.75) is 46.1 Å². The second kappa shape index (κ2) is 10.0. The number of nitrogens with one attached hydrogen (secondary N) is 1. The van der Waals surface area contributed by atoms with Gasteiger partial charge in [0.25, 0.3) is 0 Å². The van der Waals surface area contributed by atoms with Gasteiger partial charge in [-0.2, -0.15) is 0 Å². The molecule has 0 aliphatic heterocycles. The normalized spacial score (nSPS) is 11.8. The van der Waals surface area contributed by atoms with Crippen LogP contribution in [0.4, 0.5) is 0 Å². The number of benzene rings is 1. The van der Waals surface area contributed by atoms with E-state index in [2.05, 4.69) is 12.2 Å². The van der Waals surface area contributed by atoms with Gasteiger partial charge in [0.2, 0.25) is 0 Å². The number of ketones is 1. The molecule has 23 heavy (non-hydrogen) atoms. The number of Topliss-reactive ketones (excluding diaryl/α,β-unsaturated/α-hetero) is 1. The molecule has 0 aliphatic carbocycles. The van der Waals surface area contributed by atoms with Crippen molar-refractivity contribution >= 4 is 11.8 Å². The molecule has 0 fully saturated rings. The van der Waals surface area contributed by atoms with Crippen LogP contribution in [-0.4, -0.2) is 38.1 Å². The Kier molecular flexibility index (Phi) is 8.33. The zero-order valence-electron chi connectivity index (χ0n) is 14.5. The van der Waals surface area contributed by atoms with Crippen molar-refractivity contribution in [1.29, 1.82) is 0 Å². The van der Waals surface area contributed by atoms with E-state index in [1.807, 2.05) is 13.0 Å². The SMILES string of the molecule is CCCCNC(CC(=O)OCC)C(=O)c1cc(C)ccc1OC. The highest BCUT2D eigenvalue weighted by Gasteiger charge is 2.25. The predicted octanol–water partition coefficient (Wildman–Crippen LogP) is 2.90. The molecule has 1 atom stereocenters. The minimum absolute atomic E-state index is 0.0213. The standard InChI is InChI=1S/C18H27NO4/c1-5-7-10-19-15(12-17(20)23-6-2)18(21)14-11-13(3)8-9-16(14)22-4/h8-9,11,15,19H,5-7,10,12H2,1-4H3. The third-order valence-electron chi connectivity index (χ3n) is 3.53. The second-order valence-corrected chi connectivity index (χ2v) is 5.44. The molecule has 1 unspecified atom stereocenters. The molecule has 1 N–H and O–H groups in total. The summed E-state index contributed by atoms with van der Waals surface area (Å²) in [4.78, 5) is 24.7. The number of esters is 1. The maximum absolute atomic E-state index is 12.9. The van der Waals surface area contributed by atoms with Crippen molar-refractivity contribution in [2.75, 3.05) is 20.3 Å². The van der Waals surface area contributed by atoms with E-state index < -0.39 is 6.04 Å². The van der Waals surface area contributed by atoms with Gasteiger partial charge in [0.1, 0.15) is 5.75 Å². The summed E-state index contributed by atoms with van der Waals surface area (Å²) in [6.45, 7) is 6.74. The van der Waals surface area contributed by atoms with Crippen LogP contribution < -0.4 is 10.1 Å². The summed E-state index contributed by atoms with van der Waals surface area (Å²) in [6, 6.07) is 4.86. The Hall–Kier alpha value is -1.88. The van der Waals surface area contributed by atoms with Gasteiger partial charge < -0.3 is 14.8 Å². The summed E-state index contributed by atoms with van der Waals surface area (Å²) in [5.41, 5.74) is 1.46. The Balaban J connectivity index is 2.97. The molecular weight excluding hydrogens is 294 g/mol. The van der Waals surface area contributed by atoms with E-state index in [4.69, 9.17) is 9.47 Å². The highest BCUT2D eigenvalue weighted by molar-refractivity contribution is 6.04. The van der Waals surface area contributed by atoms with Crippen LogP contribution in [0.5, 0.6) is 5.75 Å².